The Kier molecular flexibility index (Phi) is 4.71. The number of amides is 1. The molecule has 0 spiro atoms. The first-order chi connectivity index (χ1) is 8.02. The normalized spacial score (nSPS) is 12.1. The van der Waals surface area contributed by atoms with Crippen LogP contribution in [-0.4, -0.2) is 23.0 Å². The van der Waals surface area contributed by atoms with E-state index in [1.165, 1.54) is 0 Å². The molecule has 0 aromatic carbocycles. The van der Waals surface area contributed by atoms with Crippen LogP contribution < -0.4 is 21.9 Å². The first-order valence-electron chi connectivity index (χ1n) is 5.53. The summed E-state index contributed by atoms with van der Waals surface area (Å²) in [4.78, 5) is 15.8. The van der Waals surface area contributed by atoms with E-state index in [-0.39, 0.29) is 18.0 Å². The number of nitrogens with two attached hydrogens (primary N) is 1. The first kappa shape index (κ1) is 13.2. The zero-order chi connectivity index (χ0) is 12.8. The number of pyridine rings is 1. The van der Waals surface area contributed by atoms with Crippen molar-refractivity contribution in [1.82, 2.24) is 10.3 Å². The van der Waals surface area contributed by atoms with Gasteiger partial charge >= 0.3 is 0 Å². The Morgan fingerprint density at radius 2 is 1.94 bits per heavy atom. The number of carbonyl (C=O) groups excluding carboxylic acids is 1. The smallest absolute Gasteiger partial charge is 0.242 e. The predicted molar refractivity (Wildman–Crippen MR) is 68.4 cm³/mol. The van der Waals surface area contributed by atoms with Crippen molar-refractivity contribution in [3.05, 3.63) is 18.2 Å². The Bertz CT molecular complexity index is 380. The molecule has 1 amide bonds. The molecule has 0 aliphatic rings. The molecule has 0 saturated carbocycles. The van der Waals surface area contributed by atoms with Crippen molar-refractivity contribution in [3.8, 4) is 0 Å². The number of nitrogens with zero attached hydrogens (tertiary/aromatic N) is 1. The molecule has 6 heteroatoms. The Hall–Kier alpha value is -1.82. The van der Waals surface area contributed by atoms with Crippen molar-refractivity contribution in [2.45, 2.75) is 32.9 Å². The highest BCUT2D eigenvalue weighted by Crippen LogP contribution is 2.09. The summed E-state index contributed by atoms with van der Waals surface area (Å²) in [6.07, 6.45) is 0. The molecule has 0 radical (unpaired) electrons. The maximum atomic E-state index is 11.7. The number of anilines is 2. The maximum Gasteiger partial charge on any atom is 0.242 e. The van der Waals surface area contributed by atoms with Gasteiger partial charge in [0.25, 0.3) is 0 Å². The molecule has 17 heavy (non-hydrogen) atoms. The first-order valence-corrected chi connectivity index (χ1v) is 5.53. The lowest BCUT2D eigenvalue weighted by Gasteiger charge is -2.16. The van der Waals surface area contributed by atoms with E-state index >= 15 is 0 Å². The number of hydrazine groups is 1. The SMILES string of the molecule is CC(C)NC(=O)C(C)Nc1cccc(NN)n1. The molecule has 1 heterocycles. The molecule has 0 saturated heterocycles. The molecule has 0 bridgehead atoms. The average molecular weight is 237 g/mol. The second-order valence-electron chi connectivity index (χ2n) is 4.08. The molecule has 5 N–H and O–H groups in total. The van der Waals surface area contributed by atoms with Crippen molar-refractivity contribution in [2.75, 3.05) is 10.7 Å². The summed E-state index contributed by atoms with van der Waals surface area (Å²) in [6, 6.07) is 5.09. The van der Waals surface area contributed by atoms with Crippen LogP contribution in [0.15, 0.2) is 18.2 Å². The van der Waals surface area contributed by atoms with E-state index in [9.17, 15) is 4.79 Å². The van der Waals surface area contributed by atoms with E-state index in [0.717, 1.165) is 0 Å². The molecule has 1 aromatic rings. The van der Waals surface area contributed by atoms with Crippen LogP contribution in [0.1, 0.15) is 20.8 Å². The largest absolute Gasteiger partial charge is 0.359 e. The molecule has 1 rings (SSSR count). The van der Waals surface area contributed by atoms with Crippen molar-refractivity contribution in [3.63, 3.8) is 0 Å². The standard InChI is InChI=1S/C11H19N5O/c1-7(2)13-11(17)8(3)14-9-5-4-6-10(15-9)16-12/h4-8H,12H2,1-3H3,(H,13,17)(H2,14,15,16). The topological polar surface area (TPSA) is 92.1 Å². The fourth-order valence-electron chi connectivity index (χ4n) is 1.29. The lowest BCUT2D eigenvalue weighted by Crippen LogP contribution is -2.41. The number of rotatable bonds is 5. The summed E-state index contributed by atoms with van der Waals surface area (Å²) in [5, 5.41) is 5.82. The number of carbonyl (C=O) groups is 1. The minimum atomic E-state index is -0.349. The highest BCUT2D eigenvalue weighted by Gasteiger charge is 2.13. The van der Waals surface area contributed by atoms with E-state index in [4.69, 9.17) is 5.84 Å². The summed E-state index contributed by atoms with van der Waals surface area (Å²) >= 11 is 0. The monoisotopic (exact) mass is 237 g/mol. The molecule has 1 unspecified atom stereocenters. The summed E-state index contributed by atoms with van der Waals surface area (Å²) in [5.74, 6) is 6.34. The van der Waals surface area contributed by atoms with Crippen LogP contribution >= 0.6 is 0 Å². The van der Waals surface area contributed by atoms with E-state index in [1.807, 2.05) is 13.8 Å². The van der Waals surface area contributed by atoms with Gasteiger partial charge in [-0.15, -0.1) is 0 Å². The molecule has 0 fully saturated rings. The summed E-state index contributed by atoms with van der Waals surface area (Å²) in [6.45, 7) is 5.62. The summed E-state index contributed by atoms with van der Waals surface area (Å²) < 4.78 is 0. The van der Waals surface area contributed by atoms with E-state index < -0.39 is 0 Å². The number of nitrogens with one attached hydrogen (secondary N) is 3. The van der Waals surface area contributed by atoms with Crippen molar-refractivity contribution >= 4 is 17.5 Å². The minimum Gasteiger partial charge on any atom is -0.359 e. The Balaban J connectivity index is 2.60. The van der Waals surface area contributed by atoms with Crippen LogP contribution in [0.4, 0.5) is 11.6 Å². The predicted octanol–water partition coefficient (Wildman–Crippen LogP) is 0.692. The third-order valence-electron chi connectivity index (χ3n) is 2.09. The van der Waals surface area contributed by atoms with Crippen LogP contribution in [0.2, 0.25) is 0 Å². The van der Waals surface area contributed by atoms with Gasteiger partial charge in [0.15, 0.2) is 0 Å². The zero-order valence-electron chi connectivity index (χ0n) is 10.3. The quantitative estimate of drug-likeness (QED) is 0.447. The van der Waals surface area contributed by atoms with Gasteiger partial charge in [-0.2, -0.15) is 0 Å². The average Bonchev–Trinajstić information content (AvgIpc) is 2.28. The molecule has 94 valence electrons. The van der Waals surface area contributed by atoms with Gasteiger partial charge in [0.2, 0.25) is 5.91 Å². The Morgan fingerprint density at radius 1 is 1.29 bits per heavy atom. The zero-order valence-corrected chi connectivity index (χ0v) is 10.3. The van der Waals surface area contributed by atoms with Crippen LogP contribution in [-0.2, 0) is 4.79 Å². The van der Waals surface area contributed by atoms with Crippen LogP contribution in [0.5, 0.6) is 0 Å². The fraction of sp³-hybridized carbons (Fsp3) is 0.455. The van der Waals surface area contributed by atoms with Gasteiger partial charge in [-0.3, -0.25) is 4.79 Å². The lowest BCUT2D eigenvalue weighted by atomic mass is 10.2. The van der Waals surface area contributed by atoms with Gasteiger partial charge in [0.05, 0.1) is 0 Å². The van der Waals surface area contributed by atoms with E-state index in [2.05, 4.69) is 21.0 Å². The van der Waals surface area contributed by atoms with Crippen molar-refractivity contribution < 1.29 is 4.79 Å². The molecule has 6 nitrogen and oxygen atoms in total. The van der Waals surface area contributed by atoms with Gasteiger partial charge in [-0.25, -0.2) is 10.8 Å². The highest BCUT2D eigenvalue weighted by atomic mass is 16.2. The maximum absolute atomic E-state index is 11.7. The van der Waals surface area contributed by atoms with Crippen molar-refractivity contribution in [2.24, 2.45) is 5.84 Å². The molecule has 1 atom stereocenters. The van der Waals surface area contributed by atoms with Crippen molar-refractivity contribution in [1.29, 1.82) is 0 Å². The number of aromatic nitrogens is 1. The van der Waals surface area contributed by atoms with Crippen LogP contribution in [0, 0.1) is 0 Å². The van der Waals surface area contributed by atoms with Gasteiger partial charge in [0.1, 0.15) is 17.7 Å². The summed E-state index contributed by atoms with van der Waals surface area (Å²) in [7, 11) is 0. The third kappa shape index (κ3) is 4.28. The van der Waals surface area contributed by atoms with E-state index in [0.29, 0.717) is 11.6 Å². The number of hydrogen-bond acceptors (Lipinski definition) is 5. The second-order valence-corrected chi connectivity index (χ2v) is 4.08. The lowest BCUT2D eigenvalue weighted by molar-refractivity contribution is -0.122. The minimum absolute atomic E-state index is 0.0621. The van der Waals surface area contributed by atoms with Crippen LogP contribution in [0.25, 0.3) is 0 Å². The highest BCUT2D eigenvalue weighted by molar-refractivity contribution is 5.84. The molecule has 0 aliphatic heterocycles. The summed E-state index contributed by atoms with van der Waals surface area (Å²) in [5.41, 5.74) is 2.45. The number of hydrogen-bond donors (Lipinski definition) is 4. The molecule has 0 aliphatic carbocycles. The third-order valence-corrected chi connectivity index (χ3v) is 2.09. The molecular weight excluding hydrogens is 218 g/mol. The molecule has 1 aromatic heterocycles. The van der Waals surface area contributed by atoms with Gasteiger partial charge in [0, 0.05) is 6.04 Å². The van der Waals surface area contributed by atoms with Crippen LogP contribution in [0.3, 0.4) is 0 Å². The Labute approximate surface area is 101 Å². The van der Waals surface area contributed by atoms with Gasteiger partial charge in [-0.1, -0.05) is 6.07 Å². The number of nitrogen functional groups attached to an aromatic ring is 1. The Morgan fingerprint density at radius 3 is 2.53 bits per heavy atom. The van der Waals surface area contributed by atoms with Gasteiger partial charge in [-0.05, 0) is 32.9 Å². The van der Waals surface area contributed by atoms with Gasteiger partial charge < -0.3 is 16.1 Å². The second kappa shape index (κ2) is 6.05. The molecular formula is C11H19N5O. The fourth-order valence-corrected chi connectivity index (χ4v) is 1.29. The van der Waals surface area contributed by atoms with E-state index in [1.54, 1.807) is 25.1 Å².